The van der Waals surface area contributed by atoms with E-state index in [4.69, 9.17) is 10.5 Å². The van der Waals surface area contributed by atoms with Crippen molar-refractivity contribution in [1.29, 1.82) is 0 Å². The van der Waals surface area contributed by atoms with Crippen LogP contribution in [0.4, 0.5) is 4.39 Å². The van der Waals surface area contributed by atoms with E-state index in [0.29, 0.717) is 18.9 Å². The molecule has 1 aliphatic rings. The molecule has 21 heavy (non-hydrogen) atoms. The molecule has 0 saturated heterocycles. The predicted molar refractivity (Wildman–Crippen MR) is 79.5 cm³/mol. The quantitative estimate of drug-likeness (QED) is 0.905. The molecule has 1 saturated carbocycles. The highest BCUT2D eigenvalue weighted by Gasteiger charge is 2.27. The normalized spacial score (nSPS) is 21.9. The molecule has 0 spiro atoms. The summed E-state index contributed by atoms with van der Waals surface area (Å²) in [5.41, 5.74) is 5.93. The number of halogens is 1. The topological polar surface area (TPSA) is 55.6 Å². The Morgan fingerprint density at radius 1 is 1.38 bits per heavy atom. The van der Waals surface area contributed by atoms with Gasteiger partial charge in [-0.15, -0.1) is 0 Å². The molecule has 0 radical (unpaired) electrons. The number of hydrogen-bond acceptors (Lipinski definition) is 3. The van der Waals surface area contributed by atoms with Crippen molar-refractivity contribution in [2.45, 2.75) is 31.7 Å². The van der Waals surface area contributed by atoms with Gasteiger partial charge in [0.05, 0.1) is 6.54 Å². The Labute approximate surface area is 125 Å². The van der Waals surface area contributed by atoms with Gasteiger partial charge in [0.15, 0.2) is 0 Å². The first kappa shape index (κ1) is 15.8. The van der Waals surface area contributed by atoms with Gasteiger partial charge in [-0.2, -0.15) is 0 Å². The second-order valence-corrected chi connectivity index (χ2v) is 5.69. The summed E-state index contributed by atoms with van der Waals surface area (Å²) >= 11 is 0. The first-order valence-electron chi connectivity index (χ1n) is 7.45. The maximum absolute atomic E-state index is 12.8. The lowest BCUT2D eigenvalue weighted by Gasteiger charge is -2.29. The van der Waals surface area contributed by atoms with Crippen LogP contribution in [0.5, 0.6) is 5.75 Å². The fourth-order valence-electron chi connectivity index (χ4n) is 2.70. The van der Waals surface area contributed by atoms with Crippen molar-refractivity contribution in [2.75, 3.05) is 20.2 Å². The molecule has 2 N–H and O–H groups in total. The first-order chi connectivity index (χ1) is 10.1. The number of ether oxygens (including phenoxy) is 1. The SMILES string of the molecule is CN(CCOc1ccc(F)cc1)C(=O)C1CCCC(N)C1. The van der Waals surface area contributed by atoms with E-state index in [9.17, 15) is 9.18 Å². The summed E-state index contributed by atoms with van der Waals surface area (Å²) in [5, 5.41) is 0. The van der Waals surface area contributed by atoms with Gasteiger partial charge in [-0.3, -0.25) is 4.79 Å². The molecule has 1 aliphatic carbocycles. The third kappa shape index (κ3) is 4.70. The molecule has 0 aromatic heterocycles. The number of carbonyl (C=O) groups excluding carboxylic acids is 1. The van der Waals surface area contributed by atoms with Crippen LogP contribution >= 0.6 is 0 Å². The largest absolute Gasteiger partial charge is 0.492 e. The van der Waals surface area contributed by atoms with E-state index in [1.807, 2.05) is 0 Å². The average Bonchev–Trinajstić information content (AvgIpc) is 2.48. The summed E-state index contributed by atoms with van der Waals surface area (Å²) in [6.07, 6.45) is 3.75. The monoisotopic (exact) mass is 294 g/mol. The minimum atomic E-state index is -0.289. The van der Waals surface area contributed by atoms with Crippen LogP contribution < -0.4 is 10.5 Å². The number of amides is 1. The van der Waals surface area contributed by atoms with E-state index >= 15 is 0 Å². The Kier molecular flexibility index (Phi) is 5.56. The average molecular weight is 294 g/mol. The van der Waals surface area contributed by atoms with E-state index in [1.54, 1.807) is 24.1 Å². The van der Waals surface area contributed by atoms with Crippen LogP contribution in [0.3, 0.4) is 0 Å². The van der Waals surface area contributed by atoms with Crippen LogP contribution in [0.1, 0.15) is 25.7 Å². The zero-order valence-corrected chi connectivity index (χ0v) is 12.4. The molecule has 1 aromatic rings. The predicted octanol–water partition coefficient (Wildman–Crippen LogP) is 2.18. The van der Waals surface area contributed by atoms with Gasteiger partial charge in [-0.25, -0.2) is 4.39 Å². The number of nitrogens with two attached hydrogens (primary N) is 1. The van der Waals surface area contributed by atoms with Gasteiger partial charge in [-0.05, 0) is 43.5 Å². The van der Waals surface area contributed by atoms with Crippen molar-refractivity contribution in [3.8, 4) is 5.75 Å². The molecule has 4 nitrogen and oxygen atoms in total. The van der Waals surface area contributed by atoms with Crippen LogP contribution in [0.25, 0.3) is 0 Å². The number of carbonyl (C=O) groups is 1. The summed E-state index contributed by atoms with van der Waals surface area (Å²) in [4.78, 5) is 14.0. The van der Waals surface area contributed by atoms with Gasteiger partial charge in [0.2, 0.25) is 5.91 Å². The number of nitrogens with zero attached hydrogens (tertiary/aromatic N) is 1. The fraction of sp³-hybridized carbons (Fsp3) is 0.562. The number of benzene rings is 1. The van der Waals surface area contributed by atoms with E-state index in [1.165, 1.54) is 12.1 Å². The minimum absolute atomic E-state index is 0.0459. The summed E-state index contributed by atoms with van der Waals surface area (Å²) in [6.45, 7) is 0.911. The van der Waals surface area contributed by atoms with Crippen molar-refractivity contribution >= 4 is 5.91 Å². The summed E-state index contributed by atoms with van der Waals surface area (Å²) < 4.78 is 18.3. The molecule has 1 fully saturated rings. The minimum Gasteiger partial charge on any atom is -0.492 e. The Hall–Kier alpha value is -1.62. The van der Waals surface area contributed by atoms with Crippen LogP contribution in [0, 0.1) is 11.7 Å². The lowest BCUT2D eigenvalue weighted by molar-refractivity contribution is -0.135. The Balaban J connectivity index is 1.74. The fourth-order valence-corrected chi connectivity index (χ4v) is 2.70. The second kappa shape index (κ2) is 7.41. The number of likely N-dealkylation sites (N-methyl/N-ethyl adjacent to an activating group) is 1. The first-order valence-corrected chi connectivity index (χ1v) is 7.45. The molecule has 2 atom stereocenters. The summed E-state index contributed by atoms with van der Waals surface area (Å²) in [7, 11) is 1.79. The smallest absolute Gasteiger partial charge is 0.225 e. The number of hydrogen-bond donors (Lipinski definition) is 1. The molecule has 1 amide bonds. The molecule has 0 heterocycles. The molecule has 0 aliphatic heterocycles. The van der Waals surface area contributed by atoms with Gasteiger partial charge in [0, 0.05) is 19.0 Å². The Morgan fingerprint density at radius 3 is 2.76 bits per heavy atom. The number of rotatable bonds is 5. The zero-order valence-electron chi connectivity index (χ0n) is 12.4. The van der Waals surface area contributed by atoms with Gasteiger partial charge in [0.25, 0.3) is 0 Å². The van der Waals surface area contributed by atoms with Gasteiger partial charge < -0.3 is 15.4 Å². The molecule has 116 valence electrons. The van der Waals surface area contributed by atoms with E-state index in [0.717, 1.165) is 25.7 Å². The maximum Gasteiger partial charge on any atom is 0.225 e. The van der Waals surface area contributed by atoms with E-state index in [2.05, 4.69) is 0 Å². The second-order valence-electron chi connectivity index (χ2n) is 5.69. The molecular formula is C16H23FN2O2. The van der Waals surface area contributed by atoms with Crippen LogP contribution in [0.2, 0.25) is 0 Å². The Morgan fingerprint density at radius 2 is 2.10 bits per heavy atom. The Bertz CT molecular complexity index is 464. The molecule has 2 unspecified atom stereocenters. The van der Waals surface area contributed by atoms with Crippen LogP contribution in [0.15, 0.2) is 24.3 Å². The van der Waals surface area contributed by atoms with Gasteiger partial charge in [-0.1, -0.05) is 6.42 Å². The molecule has 2 rings (SSSR count). The van der Waals surface area contributed by atoms with Crippen molar-refractivity contribution in [3.63, 3.8) is 0 Å². The third-order valence-corrected chi connectivity index (χ3v) is 3.95. The highest BCUT2D eigenvalue weighted by atomic mass is 19.1. The highest BCUT2D eigenvalue weighted by Crippen LogP contribution is 2.24. The van der Waals surface area contributed by atoms with E-state index < -0.39 is 0 Å². The summed E-state index contributed by atoms with van der Waals surface area (Å²) in [5.74, 6) is 0.512. The lowest BCUT2D eigenvalue weighted by Crippen LogP contribution is -2.40. The zero-order chi connectivity index (χ0) is 15.2. The van der Waals surface area contributed by atoms with Crippen molar-refractivity contribution in [3.05, 3.63) is 30.1 Å². The summed E-state index contributed by atoms with van der Waals surface area (Å²) in [6, 6.07) is 6.02. The van der Waals surface area contributed by atoms with Gasteiger partial charge in [0.1, 0.15) is 18.2 Å². The molecule has 1 aromatic carbocycles. The van der Waals surface area contributed by atoms with Gasteiger partial charge >= 0.3 is 0 Å². The van der Waals surface area contributed by atoms with Crippen LogP contribution in [-0.4, -0.2) is 37.0 Å². The molecular weight excluding hydrogens is 271 g/mol. The van der Waals surface area contributed by atoms with Crippen molar-refractivity contribution in [2.24, 2.45) is 11.7 Å². The van der Waals surface area contributed by atoms with E-state index in [-0.39, 0.29) is 23.7 Å². The standard InChI is InChI=1S/C16H23FN2O2/c1-19(16(20)12-3-2-4-14(18)11-12)9-10-21-15-7-5-13(17)6-8-15/h5-8,12,14H,2-4,9-11,18H2,1H3. The maximum atomic E-state index is 12.8. The molecule has 5 heteroatoms. The molecule has 0 bridgehead atoms. The highest BCUT2D eigenvalue weighted by molar-refractivity contribution is 5.78. The third-order valence-electron chi connectivity index (χ3n) is 3.95. The van der Waals surface area contributed by atoms with Crippen molar-refractivity contribution in [1.82, 2.24) is 4.90 Å². The van der Waals surface area contributed by atoms with Crippen LogP contribution in [-0.2, 0) is 4.79 Å². The van der Waals surface area contributed by atoms with Crippen molar-refractivity contribution < 1.29 is 13.9 Å². The lowest BCUT2D eigenvalue weighted by atomic mass is 9.85.